The maximum absolute atomic E-state index is 5.86. The van der Waals surface area contributed by atoms with Crippen LogP contribution in [-0.4, -0.2) is 16.7 Å². The number of fused-ring (bicyclic) bond motifs is 1. The molecule has 21 heavy (non-hydrogen) atoms. The Labute approximate surface area is 127 Å². The third kappa shape index (κ3) is 2.14. The summed E-state index contributed by atoms with van der Waals surface area (Å²) in [7, 11) is 0. The first-order valence-corrected chi connectivity index (χ1v) is 7.93. The number of hydrogen-bond donors (Lipinski definition) is 0. The average Bonchev–Trinajstić information content (AvgIpc) is 3.25. The molecule has 0 fully saturated rings. The third-order valence-corrected chi connectivity index (χ3v) is 4.78. The molecule has 106 valence electrons. The lowest BCUT2D eigenvalue weighted by molar-refractivity contribution is 0.460. The van der Waals surface area contributed by atoms with Crippen LogP contribution < -0.4 is 4.90 Å². The van der Waals surface area contributed by atoms with Crippen molar-refractivity contribution in [3.63, 3.8) is 0 Å². The molecule has 0 saturated heterocycles. The second-order valence-electron chi connectivity index (χ2n) is 5.17. The maximum Gasteiger partial charge on any atom is 0.257 e. The van der Waals surface area contributed by atoms with Crippen LogP contribution in [0.1, 0.15) is 24.4 Å². The Kier molecular flexibility index (Phi) is 3.00. The summed E-state index contributed by atoms with van der Waals surface area (Å²) in [5.41, 5.74) is 2.67. The van der Waals surface area contributed by atoms with Gasteiger partial charge in [0.25, 0.3) is 5.89 Å². The predicted octanol–water partition coefficient (Wildman–Crippen LogP) is 3.92. The first-order chi connectivity index (χ1) is 10.3. The van der Waals surface area contributed by atoms with Gasteiger partial charge in [-0.3, -0.25) is 0 Å². The zero-order chi connectivity index (χ0) is 14.2. The van der Waals surface area contributed by atoms with Crippen LogP contribution in [0.15, 0.2) is 46.2 Å². The molecule has 0 radical (unpaired) electrons. The molecule has 4 nitrogen and oxygen atoms in total. The molecule has 0 N–H and O–H groups in total. The lowest BCUT2D eigenvalue weighted by Crippen LogP contribution is -2.24. The molecule has 3 heterocycles. The standard InChI is InChI=1S/C16H15N3OS/c1-11(19-9-8-12-5-2-3-6-13(12)19)15-17-18-16(20-15)14-7-4-10-21-14/h2-7,10-11H,8-9H2,1H3/t11-/m0/s1. The molecular weight excluding hydrogens is 282 g/mol. The fourth-order valence-corrected chi connectivity index (χ4v) is 3.45. The van der Waals surface area contributed by atoms with E-state index >= 15 is 0 Å². The Morgan fingerprint density at radius 2 is 2.10 bits per heavy atom. The van der Waals surface area contributed by atoms with Crippen molar-refractivity contribution in [2.45, 2.75) is 19.4 Å². The number of para-hydroxylation sites is 1. The van der Waals surface area contributed by atoms with Gasteiger partial charge in [-0.05, 0) is 36.4 Å². The van der Waals surface area contributed by atoms with Gasteiger partial charge in [0.2, 0.25) is 5.89 Å². The highest BCUT2D eigenvalue weighted by atomic mass is 32.1. The van der Waals surface area contributed by atoms with Crippen LogP contribution in [-0.2, 0) is 6.42 Å². The number of rotatable bonds is 3. The summed E-state index contributed by atoms with van der Waals surface area (Å²) in [5.74, 6) is 1.29. The van der Waals surface area contributed by atoms with Crippen LogP contribution in [0.4, 0.5) is 5.69 Å². The van der Waals surface area contributed by atoms with E-state index in [-0.39, 0.29) is 6.04 Å². The summed E-state index contributed by atoms with van der Waals surface area (Å²) in [6.07, 6.45) is 1.08. The van der Waals surface area contributed by atoms with Gasteiger partial charge in [0.15, 0.2) is 0 Å². The molecule has 4 rings (SSSR count). The molecule has 3 aromatic rings. The number of hydrogen-bond acceptors (Lipinski definition) is 5. The average molecular weight is 297 g/mol. The lowest BCUT2D eigenvalue weighted by atomic mass is 10.2. The highest BCUT2D eigenvalue weighted by molar-refractivity contribution is 7.13. The first kappa shape index (κ1) is 12.6. The van der Waals surface area contributed by atoms with E-state index in [1.807, 2.05) is 17.5 Å². The molecular formula is C16H15N3OS. The summed E-state index contributed by atoms with van der Waals surface area (Å²) in [6, 6.07) is 12.6. The minimum Gasteiger partial charge on any atom is -0.418 e. The largest absolute Gasteiger partial charge is 0.418 e. The molecule has 2 aromatic heterocycles. The van der Waals surface area contributed by atoms with E-state index in [0.29, 0.717) is 11.8 Å². The number of nitrogens with zero attached hydrogens (tertiary/aromatic N) is 3. The topological polar surface area (TPSA) is 42.2 Å². The predicted molar refractivity (Wildman–Crippen MR) is 83.5 cm³/mol. The monoisotopic (exact) mass is 297 g/mol. The Morgan fingerprint density at radius 1 is 1.19 bits per heavy atom. The van der Waals surface area contributed by atoms with Crippen LogP contribution in [0.2, 0.25) is 0 Å². The summed E-state index contributed by atoms with van der Waals surface area (Å²) in [5, 5.41) is 10.4. The molecule has 1 aliphatic rings. The number of benzene rings is 1. The van der Waals surface area contributed by atoms with Crippen LogP contribution >= 0.6 is 11.3 Å². The number of anilines is 1. The van der Waals surface area contributed by atoms with Gasteiger partial charge in [0.05, 0.1) is 4.88 Å². The molecule has 0 spiro atoms. The Balaban J connectivity index is 1.63. The number of aromatic nitrogens is 2. The van der Waals surface area contributed by atoms with Crippen molar-refractivity contribution in [1.82, 2.24) is 10.2 Å². The van der Waals surface area contributed by atoms with E-state index in [1.165, 1.54) is 11.3 Å². The fraction of sp³-hybridized carbons (Fsp3) is 0.250. The second-order valence-corrected chi connectivity index (χ2v) is 6.12. The number of thiophene rings is 1. The van der Waals surface area contributed by atoms with E-state index in [9.17, 15) is 0 Å². The van der Waals surface area contributed by atoms with Gasteiger partial charge < -0.3 is 9.32 Å². The van der Waals surface area contributed by atoms with Gasteiger partial charge in [-0.15, -0.1) is 21.5 Å². The van der Waals surface area contributed by atoms with Crippen LogP contribution in [0.5, 0.6) is 0 Å². The van der Waals surface area contributed by atoms with Crippen molar-refractivity contribution in [2.24, 2.45) is 0 Å². The molecule has 0 bridgehead atoms. The second kappa shape index (κ2) is 5.00. The molecule has 1 aromatic carbocycles. The Morgan fingerprint density at radius 3 is 2.95 bits per heavy atom. The molecule has 0 saturated carbocycles. The summed E-state index contributed by atoms with van der Waals surface area (Å²) < 4.78 is 5.86. The minimum atomic E-state index is 0.0925. The van der Waals surface area contributed by atoms with E-state index in [1.54, 1.807) is 11.3 Å². The van der Waals surface area contributed by atoms with Crippen molar-refractivity contribution in [1.29, 1.82) is 0 Å². The van der Waals surface area contributed by atoms with Gasteiger partial charge in [0.1, 0.15) is 6.04 Å². The molecule has 0 unspecified atom stereocenters. The molecule has 1 atom stereocenters. The normalized spacial score (nSPS) is 15.2. The molecule has 5 heteroatoms. The maximum atomic E-state index is 5.86. The summed E-state index contributed by atoms with van der Waals surface area (Å²) in [4.78, 5) is 3.35. The molecule has 0 aliphatic carbocycles. The molecule has 1 aliphatic heterocycles. The van der Waals surface area contributed by atoms with E-state index in [0.717, 1.165) is 17.8 Å². The third-order valence-electron chi connectivity index (χ3n) is 3.92. The Hall–Kier alpha value is -2.14. The summed E-state index contributed by atoms with van der Waals surface area (Å²) in [6.45, 7) is 3.12. The Bertz CT molecular complexity index is 750. The minimum absolute atomic E-state index is 0.0925. The highest BCUT2D eigenvalue weighted by Crippen LogP contribution is 2.35. The highest BCUT2D eigenvalue weighted by Gasteiger charge is 2.27. The van der Waals surface area contributed by atoms with Gasteiger partial charge >= 0.3 is 0 Å². The quantitative estimate of drug-likeness (QED) is 0.735. The van der Waals surface area contributed by atoms with E-state index < -0.39 is 0 Å². The fourth-order valence-electron chi connectivity index (χ4n) is 2.80. The van der Waals surface area contributed by atoms with Gasteiger partial charge in [0, 0.05) is 12.2 Å². The van der Waals surface area contributed by atoms with Crippen molar-refractivity contribution >= 4 is 17.0 Å². The zero-order valence-electron chi connectivity index (χ0n) is 11.7. The van der Waals surface area contributed by atoms with Crippen LogP contribution in [0.3, 0.4) is 0 Å². The smallest absolute Gasteiger partial charge is 0.257 e. The first-order valence-electron chi connectivity index (χ1n) is 7.05. The molecule has 0 amide bonds. The van der Waals surface area contributed by atoms with Crippen molar-refractivity contribution in [3.8, 4) is 10.8 Å². The SMILES string of the molecule is C[C@@H](c1nnc(-c2cccs2)o1)N1CCc2ccccc21. The summed E-state index contributed by atoms with van der Waals surface area (Å²) >= 11 is 1.61. The van der Waals surface area contributed by atoms with Crippen LogP contribution in [0, 0.1) is 0 Å². The van der Waals surface area contributed by atoms with Gasteiger partial charge in [-0.25, -0.2) is 0 Å². The van der Waals surface area contributed by atoms with E-state index in [4.69, 9.17) is 4.42 Å². The van der Waals surface area contributed by atoms with Gasteiger partial charge in [-0.1, -0.05) is 24.3 Å². The van der Waals surface area contributed by atoms with Crippen LogP contribution in [0.25, 0.3) is 10.8 Å². The zero-order valence-corrected chi connectivity index (χ0v) is 12.5. The van der Waals surface area contributed by atoms with Crippen molar-refractivity contribution in [2.75, 3.05) is 11.4 Å². The van der Waals surface area contributed by atoms with Gasteiger partial charge in [-0.2, -0.15) is 0 Å². The van der Waals surface area contributed by atoms with E-state index in [2.05, 4.69) is 46.3 Å². The lowest BCUT2D eigenvalue weighted by Gasteiger charge is -2.24. The van der Waals surface area contributed by atoms with Crippen molar-refractivity contribution < 1.29 is 4.42 Å². The van der Waals surface area contributed by atoms with Crippen molar-refractivity contribution in [3.05, 3.63) is 53.2 Å².